The van der Waals surface area contributed by atoms with Crippen LogP contribution in [-0.4, -0.2) is 21.6 Å². The maximum atomic E-state index is 5.97. The molecule has 0 amide bonds. The van der Waals surface area contributed by atoms with Crippen LogP contribution in [0.5, 0.6) is 0 Å². The largest absolute Gasteiger partial charge is 0.369 e. The molecule has 2 heterocycles. The van der Waals surface area contributed by atoms with Crippen molar-refractivity contribution in [2.75, 3.05) is 0 Å². The zero-order valence-electron chi connectivity index (χ0n) is 8.38. The van der Waals surface area contributed by atoms with Crippen LogP contribution < -0.4 is 11.5 Å². The number of hydrogen-bond donors (Lipinski definition) is 2. The van der Waals surface area contributed by atoms with Crippen molar-refractivity contribution in [2.24, 2.45) is 21.7 Å². The Kier molecular flexibility index (Phi) is 2.80. The van der Waals surface area contributed by atoms with Crippen LogP contribution in [-0.2, 0) is 0 Å². The van der Waals surface area contributed by atoms with Crippen molar-refractivity contribution < 1.29 is 0 Å². The van der Waals surface area contributed by atoms with E-state index >= 15 is 0 Å². The number of guanidine groups is 1. The predicted octanol–water partition coefficient (Wildman–Crippen LogP) is 0.965. The molecule has 0 spiro atoms. The van der Waals surface area contributed by atoms with E-state index in [0.717, 1.165) is 10.7 Å². The summed E-state index contributed by atoms with van der Waals surface area (Å²) in [4.78, 5) is 4.99. The summed E-state index contributed by atoms with van der Waals surface area (Å²) in [5.41, 5.74) is 12.0. The number of nitrogens with two attached hydrogens (primary N) is 2. The summed E-state index contributed by atoms with van der Waals surface area (Å²) in [5, 5.41) is 9.59. The molecule has 0 radical (unpaired) electrons. The third-order valence-electron chi connectivity index (χ3n) is 1.88. The van der Waals surface area contributed by atoms with E-state index in [1.807, 2.05) is 16.7 Å². The van der Waals surface area contributed by atoms with E-state index in [1.165, 1.54) is 17.6 Å². The molecule has 0 aliphatic carbocycles. The lowest BCUT2D eigenvalue weighted by Gasteiger charge is -1.93. The standard InChI is InChI=1S/C8H9ClN6S/c1-4-3-16-8-13-6(9)5(15(4)8)2-12-14-7(10)11/h2-3H,1H3,(H4,10,11,14)/b12-2+. The van der Waals surface area contributed by atoms with E-state index in [9.17, 15) is 0 Å². The van der Waals surface area contributed by atoms with Crippen molar-refractivity contribution in [3.05, 3.63) is 21.9 Å². The highest BCUT2D eigenvalue weighted by atomic mass is 35.5. The summed E-state index contributed by atoms with van der Waals surface area (Å²) >= 11 is 7.48. The third kappa shape index (κ3) is 1.86. The molecule has 8 heteroatoms. The Labute approximate surface area is 100 Å². The minimum absolute atomic E-state index is 0.102. The van der Waals surface area contributed by atoms with Gasteiger partial charge in [0.05, 0.1) is 6.21 Å². The predicted molar refractivity (Wildman–Crippen MR) is 66.2 cm³/mol. The van der Waals surface area contributed by atoms with Crippen LogP contribution in [0.2, 0.25) is 5.15 Å². The molecule has 2 aromatic rings. The van der Waals surface area contributed by atoms with E-state index in [2.05, 4.69) is 15.2 Å². The molecule has 0 aliphatic rings. The molecular weight excluding hydrogens is 248 g/mol. The molecule has 0 fully saturated rings. The van der Waals surface area contributed by atoms with Gasteiger partial charge in [-0.3, -0.25) is 4.40 Å². The maximum Gasteiger partial charge on any atom is 0.211 e. The number of aromatic nitrogens is 2. The van der Waals surface area contributed by atoms with E-state index in [4.69, 9.17) is 23.1 Å². The van der Waals surface area contributed by atoms with Gasteiger partial charge in [0.2, 0.25) is 5.96 Å². The molecule has 2 aromatic heterocycles. The Hall–Kier alpha value is -1.60. The molecule has 84 valence electrons. The van der Waals surface area contributed by atoms with Gasteiger partial charge in [-0.2, -0.15) is 5.10 Å². The van der Waals surface area contributed by atoms with Crippen LogP contribution in [0, 0.1) is 6.92 Å². The number of aryl methyl sites for hydroxylation is 1. The van der Waals surface area contributed by atoms with Gasteiger partial charge in [0, 0.05) is 11.1 Å². The van der Waals surface area contributed by atoms with Gasteiger partial charge >= 0.3 is 0 Å². The van der Waals surface area contributed by atoms with E-state index in [1.54, 1.807) is 0 Å². The molecule has 0 saturated heterocycles. The van der Waals surface area contributed by atoms with Gasteiger partial charge in [0.1, 0.15) is 5.69 Å². The Morgan fingerprint density at radius 1 is 1.62 bits per heavy atom. The molecule has 6 nitrogen and oxygen atoms in total. The first-order valence-corrected chi connectivity index (χ1v) is 5.59. The molecule has 0 aliphatic heterocycles. The molecular formula is C8H9ClN6S. The Morgan fingerprint density at radius 3 is 3.06 bits per heavy atom. The van der Waals surface area contributed by atoms with E-state index < -0.39 is 0 Å². The molecule has 0 aromatic carbocycles. The van der Waals surface area contributed by atoms with Gasteiger partial charge < -0.3 is 11.5 Å². The van der Waals surface area contributed by atoms with Crippen LogP contribution in [0.15, 0.2) is 15.6 Å². The van der Waals surface area contributed by atoms with Crippen LogP contribution in [0.3, 0.4) is 0 Å². The molecule has 0 atom stereocenters. The first-order chi connectivity index (χ1) is 7.59. The minimum atomic E-state index is -0.102. The van der Waals surface area contributed by atoms with Crippen LogP contribution in [0.25, 0.3) is 4.96 Å². The summed E-state index contributed by atoms with van der Waals surface area (Å²) < 4.78 is 1.89. The first-order valence-electron chi connectivity index (χ1n) is 4.33. The number of fused-ring (bicyclic) bond motifs is 1. The molecule has 0 bridgehead atoms. The first kappa shape index (κ1) is 10.9. The summed E-state index contributed by atoms with van der Waals surface area (Å²) in [7, 11) is 0. The third-order valence-corrected chi connectivity index (χ3v) is 3.10. The second-order valence-corrected chi connectivity index (χ2v) is 4.25. The fraction of sp³-hybridized carbons (Fsp3) is 0.125. The summed E-state index contributed by atoms with van der Waals surface area (Å²) in [6.07, 6.45) is 1.47. The SMILES string of the molecule is Cc1csc2nc(Cl)c(/C=N/N=C(N)N)n12. The van der Waals surface area contributed by atoms with Crippen molar-refractivity contribution in [2.45, 2.75) is 6.92 Å². The molecule has 0 saturated carbocycles. The normalized spacial score (nSPS) is 11.4. The number of hydrogen-bond acceptors (Lipinski definition) is 4. The number of rotatable bonds is 2. The molecule has 0 unspecified atom stereocenters. The molecule has 16 heavy (non-hydrogen) atoms. The molecule has 2 rings (SSSR count). The average Bonchev–Trinajstić information content (AvgIpc) is 2.69. The summed E-state index contributed by atoms with van der Waals surface area (Å²) in [6.45, 7) is 1.96. The number of thiazole rings is 1. The highest BCUT2D eigenvalue weighted by Crippen LogP contribution is 2.22. The Morgan fingerprint density at radius 2 is 2.38 bits per heavy atom. The number of nitrogens with zero attached hydrogens (tertiary/aromatic N) is 4. The Bertz CT molecular complexity index is 577. The maximum absolute atomic E-state index is 5.97. The van der Waals surface area contributed by atoms with Crippen molar-refractivity contribution >= 4 is 40.1 Å². The van der Waals surface area contributed by atoms with Crippen LogP contribution >= 0.6 is 22.9 Å². The second-order valence-electron chi connectivity index (χ2n) is 3.05. The average molecular weight is 257 g/mol. The molecule has 4 N–H and O–H groups in total. The van der Waals surface area contributed by atoms with Crippen molar-refractivity contribution in [3.8, 4) is 0 Å². The summed E-state index contributed by atoms with van der Waals surface area (Å²) in [5.74, 6) is -0.102. The van der Waals surface area contributed by atoms with Crippen LogP contribution in [0.4, 0.5) is 0 Å². The lowest BCUT2D eigenvalue weighted by Crippen LogP contribution is -2.21. The monoisotopic (exact) mass is 256 g/mol. The van der Waals surface area contributed by atoms with E-state index in [0.29, 0.717) is 10.8 Å². The highest BCUT2D eigenvalue weighted by molar-refractivity contribution is 7.15. The summed E-state index contributed by atoms with van der Waals surface area (Å²) in [6, 6.07) is 0. The highest BCUT2D eigenvalue weighted by Gasteiger charge is 2.11. The van der Waals surface area contributed by atoms with Gasteiger partial charge in [0.25, 0.3) is 0 Å². The fourth-order valence-electron chi connectivity index (χ4n) is 1.26. The second kappa shape index (κ2) is 4.11. The number of imidazole rings is 1. The smallest absolute Gasteiger partial charge is 0.211 e. The number of halogens is 1. The fourth-order valence-corrected chi connectivity index (χ4v) is 2.39. The van der Waals surface area contributed by atoms with Gasteiger partial charge in [-0.05, 0) is 6.92 Å². The lowest BCUT2D eigenvalue weighted by atomic mass is 10.5. The van der Waals surface area contributed by atoms with Gasteiger partial charge in [-0.1, -0.05) is 11.6 Å². The van der Waals surface area contributed by atoms with Crippen molar-refractivity contribution in [3.63, 3.8) is 0 Å². The topological polar surface area (TPSA) is 94.1 Å². The van der Waals surface area contributed by atoms with Crippen molar-refractivity contribution in [1.29, 1.82) is 0 Å². The lowest BCUT2D eigenvalue weighted by molar-refractivity contribution is 1.11. The van der Waals surface area contributed by atoms with Gasteiger partial charge in [-0.15, -0.1) is 16.4 Å². The van der Waals surface area contributed by atoms with Gasteiger partial charge in [0.15, 0.2) is 10.1 Å². The van der Waals surface area contributed by atoms with Gasteiger partial charge in [-0.25, -0.2) is 4.98 Å². The minimum Gasteiger partial charge on any atom is -0.369 e. The zero-order valence-corrected chi connectivity index (χ0v) is 9.96. The Balaban J connectivity index is 2.50. The quantitative estimate of drug-likeness (QED) is 0.476. The van der Waals surface area contributed by atoms with Crippen LogP contribution in [0.1, 0.15) is 11.4 Å². The zero-order chi connectivity index (χ0) is 11.7. The van der Waals surface area contributed by atoms with E-state index in [-0.39, 0.29) is 5.96 Å². The van der Waals surface area contributed by atoms with Crippen molar-refractivity contribution in [1.82, 2.24) is 9.38 Å².